The van der Waals surface area contributed by atoms with Crippen molar-refractivity contribution in [3.05, 3.63) is 17.7 Å². The summed E-state index contributed by atoms with van der Waals surface area (Å²) in [5.74, 6) is 2.40. The highest BCUT2D eigenvalue weighted by Crippen LogP contribution is 2.46. The van der Waals surface area contributed by atoms with Crippen LogP contribution >= 0.6 is 0 Å². The molecule has 0 aromatic heterocycles. The smallest absolute Gasteiger partial charge is 0.165 e. The van der Waals surface area contributed by atoms with Crippen molar-refractivity contribution < 1.29 is 14.2 Å². The maximum atomic E-state index is 6.33. The van der Waals surface area contributed by atoms with Crippen molar-refractivity contribution >= 4 is 0 Å². The molecule has 1 aromatic carbocycles. The Morgan fingerprint density at radius 3 is 2.37 bits per heavy atom. The van der Waals surface area contributed by atoms with Gasteiger partial charge in [-0.3, -0.25) is 0 Å². The molecular weight excluding hydrogens is 242 g/mol. The summed E-state index contributed by atoms with van der Waals surface area (Å²) in [6.45, 7) is 5.48. The molecule has 2 aliphatic rings. The van der Waals surface area contributed by atoms with E-state index in [0.29, 0.717) is 13.2 Å². The fraction of sp³-hybridized carbons (Fsp3) is 0.600. The van der Waals surface area contributed by atoms with E-state index in [1.807, 2.05) is 12.1 Å². The largest absolute Gasteiger partial charge is 0.487 e. The van der Waals surface area contributed by atoms with Crippen LogP contribution in [0.1, 0.15) is 44.7 Å². The topological polar surface area (TPSA) is 53.7 Å². The Labute approximate surface area is 113 Å². The van der Waals surface area contributed by atoms with Crippen LogP contribution in [0.5, 0.6) is 17.2 Å². The molecule has 2 aliphatic heterocycles. The summed E-state index contributed by atoms with van der Waals surface area (Å²) in [4.78, 5) is 0. The van der Waals surface area contributed by atoms with Crippen molar-refractivity contribution in [3.63, 3.8) is 0 Å². The third-order valence-electron chi connectivity index (χ3n) is 4.28. The van der Waals surface area contributed by atoms with E-state index in [4.69, 9.17) is 19.9 Å². The summed E-state index contributed by atoms with van der Waals surface area (Å²) >= 11 is 0. The van der Waals surface area contributed by atoms with Crippen LogP contribution in [0, 0.1) is 0 Å². The molecule has 2 heterocycles. The monoisotopic (exact) mass is 263 g/mol. The number of benzene rings is 1. The van der Waals surface area contributed by atoms with E-state index in [1.165, 1.54) is 0 Å². The molecule has 0 spiro atoms. The van der Waals surface area contributed by atoms with E-state index in [-0.39, 0.29) is 11.6 Å². The standard InChI is InChI=1S/C15H21NO3/c1-3-15(4-2)9-11(16)10-7-13-14(8-12(10)19-15)18-6-5-17-13/h7-8,11H,3-6,9,16H2,1-2H3. The number of hydrogen-bond acceptors (Lipinski definition) is 4. The van der Waals surface area contributed by atoms with E-state index in [0.717, 1.165) is 42.1 Å². The van der Waals surface area contributed by atoms with Gasteiger partial charge in [0.25, 0.3) is 0 Å². The Kier molecular flexibility index (Phi) is 3.05. The molecule has 4 heteroatoms. The summed E-state index contributed by atoms with van der Waals surface area (Å²) in [6, 6.07) is 3.91. The lowest BCUT2D eigenvalue weighted by Gasteiger charge is -2.40. The molecule has 3 rings (SSSR count). The van der Waals surface area contributed by atoms with Gasteiger partial charge in [0.15, 0.2) is 11.5 Å². The maximum Gasteiger partial charge on any atom is 0.165 e. The van der Waals surface area contributed by atoms with Gasteiger partial charge in [0.1, 0.15) is 24.6 Å². The predicted octanol–water partition coefficient (Wildman–Crippen LogP) is 2.80. The summed E-state index contributed by atoms with van der Waals surface area (Å²) < 4.78 is 17.5. The number of nitrogens with two attached hydrogens (primary N) is 1. The van der Waals surface area contributed by atoms with Crippen LogP contribution in [-0.4, -0.2) is 18.8 Å². The molecule has 0 saturated heterocycles. The summed E-state index contributed by atoms with van der Waals surface area (Å²) in [5.41, 5.74) is 7.22. The van der Waals surface area contributed by atoms with E-state index in [9.17, 15) is 0 Å². The van der Waals surface area contributed by atoms with Gasteiger partial charge in [-0.05, 0) is 18.9 Å². The zero-order chi connectivity index (χ0) is 13.5. The first-order valence-electron chi connectivity index (χ1n) is 7.05. The van der Waals surface area contributed by atoms with Gasteiger partial charge < -0.3 is 19.9 Å². The number of fused-ring (bicyclic) bond motifs is 2. The molecule has 1 unspecified atom stereocenters. The first-order chi connectivity index (χ1) is 9.17. The molecule has 0 radical (unpaired) electrons. The van der Waals surface area contributed by atoms with Crippen molar-refractivity contribution in [2.75, 3.05) is 13.2 Å². The number of ether oxygens (including phenoxy) is 3. The lowest BCUT2D eigenvalue weighted by molar-refractivity contribution is 0.0273. The summed E-state index contributed by atoms with van der Waals surface area (Å²) in [5, 5.41) is 0. The third-order valence-corrected chi connectivity index (χ3v) is 4.28. The van der Waals surface area contributed by atoms with Gasteiger partial charge in [-0.1, -0.05) is 13.8 Å². The van der Waals surface area contributed by atoms with Gasteiger partial charge in [0, 0.05) is 24.1 Å². The summed E-state index contributed by atoms with van der Waals surface area (Å²) in [7, 11) is 0. The maximum absolute atomic E-state index is 6.33. The zero-order valence-corrected chi connectivity index (χ0v) is 11.6. The molecule has 2 N–H and O–H groups in total. The minimum Gasteiger partial charge on any atom is -0.487 e. The Morgan fingerprint density at radius 1 is 1.11 bits per heavy atom. The predicted molar refractivity (Wildman–Crippen MR) is 72.9 cm³/mol. The van der Waals surface area contributed by atoms with Crippen molar-refractivity contribution in [2.45, 2.75) is 44.8 Å². The van der Waals surface area contributed by atoms with Crippen molar-refractivity contribution in [1.82, 2.24) is 0 Å². The van der Waals surface area contributed by atoms with Gasteiger partial charge in [-0.2, -0.15) is 0 Å². The highest BCUT2D eigenvalue weighted by molar-refractivity contribution is 5.53. The second kappa shape index (κ2) is 4.60. The van der Waals surface area contributed by atoms with Crippen LogP contribution in [0.2, 0.25) is 0 Å². The average molecular weight is 263 g/mol. The molecule has 104 valence electrons. The summed E-state index contributed by atoms with van der Waals surface area (Å²) in [6.07, 6.45) is 2.78. The van der Waals surface area contributed by atoms with Gasteiger partial charge in [0.05, 0.1) is 0 Å². The zero-order valence-electron chi connectivity index (χ0n) is 11.6. The Hall–Kier alpha value is -1.42. The van der Waals surface area contributed by atoms with E-state index >= 15 is 0 Å². The SMILES string of the molecule is CCC1(CC)CC(N)c2cc3c(cc2O1)OCCO3. The molecule has 19 heavy (non-hydrogen) atoms. The van der Waals surface area contributed by atoms with Gasteiger partial charge in [-0.25, -0.2) is 0 Å². The third kappa shape index (κ3) is 2.04. The van der Waals surface area contributed by atoms with E-state index in [1.54, 1.807) is 0 Å². The minimum atomic E-state index is -0.143. The van der Waals surface area contributed by atoms with Crippen LogP contribution in [-0.2, 0) is 0 Å². The second-order valence-corrected chi connectivity index (χ2v) is 5.34. The highest BCUT2D eigenvalue weighted by atomic mass is 16.6. The van der Waals surface area contributed by atoms with Gasteiger partial charge in [-0.15, -0.1) is 0 Å². The molecule has 0 aliphatic carbocycles. The van der Waals surface area contributed by atoms with Gasteiger partial charge >= 0.3 is 0 Å². The Morgan fingerprint density at radius 2 is 1.74 bits per heavy atom. The number of hydrogen-bond donors (Lipinski definition) is 1. The van der Waals surface area contributed by atoms with E-state index < -0.39 is 0 Å². The van der Waals surface area contributed by atoms with Gasteiger partial charge in [0.2, 0.25) is 0 Å². The fourth-order valence-electron chi connectivity index (χ4n) is 2.93. The minimum absolute atomic E-state index is 0.000485. The normalized spacial score (nSPS) is 23.4. The molecular formula is C15H21NO3. The Balaban J connectivity index is 2.02. The molecule has 1 atom stereocenters. The highest BCUT2D eigenvalue weighted by Gasteiger charge is 2.38. The first-order valence-corrected chi connectivity index (χ1v) is 7.05. The average Bonchev–Trinajstić information content (AvgIpc) is 2.45. The van der Waals surface area contributed by atoms with E-state index in [2.05, 4.69) is 13.8 Å². The Bertz CT molecular complexity index is 483. The fourth-order valence-corrected chi connectivity index (χ4v) is 2.93. The van der Waals surface area contributed by atoms with Crippen molar-refractivity contribution in [3.8, 4) is 17.2 Å². The van der Waals surface area contributed by atoms with Crippen LogP contribution in [0.3, 0.4) is 0 Å². The molecule has 0 bridgehead atoms. The van der Waals surface area contributed by atoms with Crippen LogP contribution < -0.4 is 19.9 Å². The van der Waals surface area contributed by atoms with Crippen molar-refractivity contribution in [1.29, 1.82) is 0 Å². The molecule has 1 aromatic rings. The first kappa shape index (κ1) is 12.6. The number of rotatable bonds is 2. The van der Waals surface area contributed by atoms with Crippen LogP contribution in [0.4, 0.5) is 0 Å². The second-order valence-electron chi connectivity index (χ2n) is 5.34. The quantitative estimate of drug-likeness (QED) is 0.891. The molecule has 4 nitrogen and oxygen atoms in total. The molecule has 0 fully saturated rings. The molecule has 0 saturated carbocycles. The van der Waals surface area contributed by atoms with Crippen LogP contribution in [0.15, 0.2) is 12.1 Å². The van der Waals surface area contributed by atoms with Crippen LogP contribution in [0.25, 0.3) is 0 Å². The molecule has 0 amide bonds. The van der Waals surface area contributed by atoms with Crippen molar-refractivity contribution in [2.24, 2.45) is 5.73 Å². The lowest BCUT2D eigenvalue weighted by Crippen LogP contribution is -2.42. The lowest BCUT2D eigenvalue weighted by atomic mass is 9.84.